The maximum absolute atomic E-state index is 12.3. The molecule has 0 aromatic carbocycles. The van der Waals surface area contributed by atoms with E-state index >= 15 is 0 Å². The molecule has 120 valence electrons. The van der Waals surface area contributed by atoms with E-state index in [1.807, 2.05) is 25.1 Å². The highest BCUT2D eigenvalue weighted by molar-refractivity contribution is 5.89. The monoisotopic (exact) mass is 312 g/mol. The minimum absolute atomic E-state index is 0.0658. The van der Waals surface area contributed by atoms with Gasteiger partial charge in [-0.25, -0.2) is 4.79 Å². The summed E-state index contributed by atoms with van der Waals surface area (Å²) in [5.74, 6) is 0. The maximum atomic E-state index is 12.3. The number of carbonyl (C=O) groups excluding carboxylic acids is 1. The summed E-state index contributed by atoms with van der Waals surface area (Å²) < 4.78 is 5.86. The summed E-state index contributed by atoms with van der Waals surface area (Å²) >= 11 is 0. The van der Waals surface area contributed by atoms with E-state index in [0.29, 0.717) is 12.3 Å². The van der Waals surface area contributed by atoms with Crippen molar-refractivity contribution in [2.45, 2.75) is 31.9 Å². The fourth-order valence-corrected chi connectivity index (χ4v) is 2.77. The largest absolute Gasteiger partial charge is 0.371 e. The van der Waals surface area contributed by atoms with E-state index in [0.717, 1.165) is 24.0 Å². The molecule has 6 nitrogen and oxygen atoms in total. The number of aromatic nitrogens is 2. The van der Waals surface area contributed by atoms with Crippen LogP contribution in [0.3, 0.4) is 0 Å². The first-order chi connectivity index (χ1) is 11.2. The highest BCUT2D eigenvalue weighted by Gasteiger charge is 2.28. The Labute approximate surface area is 135 Å². The fraction of sp³-hybridized carbons (Fsp3) is 0.353. The smallest absolute Gasteiger partial charge is 0.319 e. The zero-order valence-corrected chi connectivity index (χ0v) is 13.0. The van der Waals surface area contributed by atoms with Gasteiger partial charge < -0.3 is 15.4 Å². The van der Waals surface area contributed by atoms with Crippen molar-refractivity contribution in [2.75, 3.05) is 11.9 Å². The van der Waals surface area contributed by atoms with Crippen LogP contribution in [0.2, 0.25) is 0 Å². The van der Waals surface area contributed by atoms with Gasteiger partial charge in [0.05, 0.1) is 17.9 Å². The van der Waals surface area contributed by atoms with Gasteiger partial charge in [0.25, 0.3) is 0 Å². The Hall–Kier alpha value is -2.47. The molecule has 0 saturated carbocycles. The van der Waals surface area contributed by atoms with Gasteiger partial charge in [0, 0.05) is 25.2 Å². The average Bonchev–Trinajstić information content (AvgIpc) is 2.56. The molecule has 1 saturated heterocycles. The van der Waals surface area contributed by atoms with Crippen molar-refractivity contribution >= 4 is 11.7 Å². The van der Waals surface area contributed by atoms with Crippen LogP contribution in [-0.4, -0.2) is 28.6 Å². The predicted octanol–water partition coefficient (Wildman–Crippen LogP) is 2.83. The molecule has 3 heterocycles. The van der Waals surface area contributed by atoms with Crippen LogP contribution in [0.25, 0.3) is 0 Å². The number of carbonyl (C=O) groups is 1. The lowest BCUT2D eigenvalue weighted by atomic mass is 9.97. The fourth-order valence-electron chi connectivity index (χ4n) is 2.77. The average molecular weight is 312 g/mol. The Morgan fingerprint density at radius 3 is 2.87 bits per heavy atom. The number of urea groups is 1. The summed E-state index contributed by atoms with van der Waals surface area (Å²) in [6, 6.07) is 5.42. The quantitative estimate of drug-likeness (QED) is 0.913. The van der Waals surface area contributed by atoms with Gasteiger partial charge in [0.1, 0.15) is 6.10 Å². The molecule has 0 radical (unpaired) electrons. The molecule has 23 heavy (non-hydrogen) atoms. The first kappa shape index (κ1) is 15.4. The van der Waals surface area contributed by atoms with Gasteiger partial charge in [-0.05, 0) is 49.1 Å². The Morgan fingerprint density at radius 2 is 2.09 bits per heavy atom. The minimum Gasteiger partial charge on any atom is -0.371 e. The Bertz CT molecular complexity index is 663. The lowest BCUT2D eigenvalue weighted by Gasteiger charge is -2.32. The van der Waals surface area contributed by atoms with Gasteiger partial charge in [-0.15, -0.1) is 0 Å². The van der Waals surface area contributed by atoms with Gasteiger partial charge in [-0.3, -0.25) is 9.97 Å². The number of hydrogen-bond acceptors (Lipinski definition) is 4. The zero-order valence-electron chi connectivity index (χ0n) is 13.0. The van der Waals surface area contributed by atoms with Crippen LogP contribution < -0.4 is 10.6 Å². The van der Waals surface area contributed by atoms with Crippen LogP contribution in [-0.2, 0) is 4.74 Å². The van der Waals surface area contributed by atoms with E-state index in [1.165, 1.54) is 0 Å². The Morgan fingerprint density at radius 1 is 1.26 bits per heavy atom. The first-order valence-corrected chi connectivity index (χ1v) is 7.73. The van der Waals surface area contributed by atoms with Crippen molar-refractivity contribution in [1.29, 1.82) is 0 Å². The summed E-state index contributed by atoms with van der Waals surface area (Å²) in [5.41, 5.74) is 2.71. The minimum atomic E-state index is -0.244. The van der Waals surface area contributed by atoms with Crippen molar-refractivity contribution < 1.29 is 9.53 Å². The summed E-state index contributed by atoms with van der Waals surface area (Å²) in [6.45, 7) is 2.64. The highest BCUT2D eigenvalue weighted by atomic mass is 16.5. The second-order valence-corrected chi connectivity index (χ2v) is 5.67. The standard InChI is InChI=1S/C17H20N4O2/c1-12-9-14(11-19-10-12)20-17(22)21-15-3-2-8-23-16(15)13-4-6-18-7-5-13/h4-7,9-11,15-16H,2-3,8H2,1H3,(H2,20,21,22)/t15-,16+/m0/s1. The van der Waals surface area contributed by atoms with Gasteiger partial charge in [-0.1, -0.05) is 0 Å². The molecular formula is C17H20N4O2. The number of anilines is 1. The number of nitrogens with zero attached hydrogens (tertiary/aromatic N) is 2. The van der Waals surface area contributed by atoms with Crippen LogP contribution >= 0.6 is 0 Å². The number of nitrogens with one attached hydrogen (secondary N) is 2. The third kappa shape index (κ3) is 4.04. The molecule has 1 aliphatic rings. The van der Waals surface area contributed by atoms with Gasteiger partial charge >= 0.3 is 6.03 Å². The van der Waals surface area contributed by atoms with E-state index < -0.39 is 0 Å². The lowest BCUT2D eigenvalue weighted by molar-refractivity contribution is -0.00701. The molecule has 0 unspecified atom stereocenters. The number of pyridine rings is 2. The van der Waals surface area contributed by atoms with Crippen LogP contribution in [0.15, 0.2) is 43.0 Å². The molecular weight excluding hydrogens is 292 g/mol. The van der Waals surface area contributed by atoms with Crippen molar-refractivity contribution in [3.63, 3.8) is 0 Å². The third-order valence-corrected chi connectivity index (χ3v) is 3.81. The number of amides is 2. The summed E-state index contributed by atoms with van der Waals surface area (Å²) in [6.07, 6.45) is 8.52. The Balaban J connectivity index is 1.66. The van der Waals surface area contributed by atoms with Crippen LogP contribution in [0.1, 0.15) is 30.1 Å². The van der Waals surface area contributed by atoms with Gasteiger partial charge in [0.2, 0.25) is 0 Å². The van der Waals surface area contributed by atoms with Crippen molar-refractivity contribution in [2.24, 2.45) is 0 Å². The molecule has 2 N–H and O–H groups in total. The third-order valence-electron chi connectivity index (χ3n) is 3.81. The number of aryl methyl sites for hydroxylation is 1. The Kier molecular flexibility index (Phi) is 4.83. The summed E-state index contributed by atoms with van der Waals surface area (Å²) in [4.78, 5) is 20.4. The molecule has 1 fully saturated rings. The van der Waals surface area contributed by atoms with Crippen LogP contribution in [0.4, 0.5) is 10.5 Å². The molecule has 0 aliphatic carbocycles. The van der Waals surface area contributed by atoms with Crippen LogP contribution in [0, 0.1) is 6.92 Å². The normalized spacial score (nSPS) is 20.7. The van der Waals surface area contributed by atoms with Crippen LogP contribution in [0.5, 0.6) is 0 Å². The second-order valence-electron chi connectivity index (χ2n) is 5.67. The molecule has 0 spiro atoms. The van der Waals surface area contributed by atoms with Crippen molar-refractivity contribution in [3.8, 4) is 0 Å². The van der Waals surface area contributed by atoms with E-state index in [4.69, 9.17) is 4.74 Å². The SMILES string of the molecule is Cc1cncc(NC(=O)N[C@H]2CCCO[C@@H]2c2ccncc2)c1. The highest BCUT2D eigenvalue weighted by Crippen LogP contribution is 2.28. The molecule has 1 aliphatic heterocycles. The predicted molar refractivity (Wildman–Crippen MR) is 87.1 cm³/mol. The molecule has 3 rings (SSSR count). The zero-order chi connectivity index (χ0) is 16.1. The number of hydrogen-bond donors (Lipinski definition) is 2. The molecule has 6 heteroatoms. The number of rotatable bonds is 3. The second kappa shape index (κ2) is 7.19. The topological polar surface area (TPSA) is 76.1 Å². The summed E-state index contributed by atoms with van der Waals surface area (Å²) in [5, 5.41) is 5.83. The first-order valence-electron chi connectivity index (χ1n) is 7.73. The molecule has 2 amide bonds. The van der Waals surface area contributed by atoms with Crippen molar-refractivity contribution in [3.05, 3.63) is 54.1 Å². The van der Waals surface area contributed by atoms with E-state index in [-0.39, 0.29) is 18.2 Å². The van der Waals surface area contributed by atoms with Gasteiger partial charge in [0.15, 0.2) is 0 Å². The molecule has 0 bridgehead atoms. The molecule has 2 aromatic rings. The van der Waals surface area contributed by atoms with E-state index in [2.05, 4.69) is 20.6 Å². The van der Waals surface area contributed by atoms with Crippen molar-refractivity contribution in [1.82, 2.24) is 15.3 Å². The molecule has 2 atom stereocenters. The maximum Gasteiger partial charge on any atom is 0.319 e. The van der Waals surface area contributed by atoms with Gasteiger partial charge in [-0.2, -0.15) is 0 Å². The lowest BCUT2D eigenvalue weighted by Crippen LogP contribution is -2.44. The summed E-state index contributed by atoms with van der Waals surface area (Å²) in [7, 11) is 0. The number of ether oxygens (including phenoxy) is 1. The molecule has 2 aromatic heterocycles. The van der Waals surface area contributed by atoms with E-state index in [9.17, 15) is 4.79 Å². The van der Waals surface area contributed by atoms with E-state index in [1.54, 1.807) is 24.8 Å².